The molecule has 0 amide bonds. The molecule has 0 saturated heterocycles. The number of hydrogen-bond acceptors (Lipinski definition) is 3. The van der Waals surface area contributed by atoms with Gasteiger partial charge in [-0.25, -0.2) is 0 Å². The average molecular weight is 212 g/mol. The minimum Gasteiger partial charge on any atom is -0.362 e. The lowest BCUT2D eigenvalue weighted by Gasteiger charge is -2.45. The van der Waals surface area contributed by atoms with Crippen molar-refractivity contribution in [1.82, 2.24) is 5.32 Å². The maximum absolute atomic E-state index is 4.57. The third kappa shape index (κ3) is 2.08. The Hall–Kier alpha value is -0.180. The molecule has 1 N–H and O–H groups in total. The molecule has 1 saturated carbocycles. The van der Waals surface area contributed by atoms with Crippen LogP contribution >= 0.6 is 11.8 Å². The molecule has 2 nitrogen and oxygen atoms in total. The Kier molecular flexibility index (Phi) is 2.78. The van der Waals surface area contributed by atoms with Crippen molar-refractivity contribution < 1.29 is 0 Å². The highest BCUT2D eigenvalue weighted by Crippen LogP contribution is 2.40. The fraction of sp³-hybridized carbons (Fsp3) is 0.909. The predicted molar refractivity (Wildman–Crippen MR) is 63.9 cm³/mol. The van der Waals surface area contributed by atoms with E-state index in [1.54, 1.807) is 0 Å². The molecule has 0 radical (unpaired) electrons. The summed E-state index contributed by atoms with van der Waals surface area (Å²) in [6, 6.07) is 0.655. The summed E-state index contributed by atoms with van der Waals surface area (Å²) in [5, 5.41) is 4.76. The van der Waals surface area contributed by atoms with Crippen LogP contribution in [0.2, 0.25) is 0 Å². The van der Waals surface area contributed by atoms with Crippen molar-refractivity contribution in [2.24, 2.45) is 16.3 Å². The first-order valence-electron chi connectivity index (χ1n) is 5.52. The minimum atomic E-state index is 0.478. The molecule has 2 unspecified atom stereocenters. The van der Waals surface area contributed by atoms with Gasteiger partial charge in [0.05, 0.1) is 0 Å². The van der Waals surface area contributed by atoms with Crippen molar-refractivity contribution in [2.75, 3.05) is 12.3 Å². The van der Waals surface area contributed by atoms with E-state index in [4.69, 9.17) is 0 Å². The first-order valence-corrected chi connectivity index (χ1v) is 6.50. The van der Waals surface area contributed by atoms with E-state index >= 15 is 0 Å². The standard InChI is InChI=1S/C11H20N2S/c1-8-6-12-10(14-7-8)13-9-4-5-11(9,2)3/h8-9H,4-7H2,1-3H3,(H,12,13). The zero-order valence-electron chi connectivity index (χ0n) is 9.34. The molecule has 2 aliphatic rings. The molecular formula is C11H20N2S. The first-order chi connectivity index (χ1) is 6.58. The highest BCUT2D eigenvalue weighted by atomic mass is 32.2. The molecule has 80 valence electrons. The van der Waals surface area contributed by atoms with E-state index < -0.39 is 0 Å². The number of thioether (sulfide) groups is 1. The van der Waals surface area contributed by atoms with Crippen LogP contribution < -0.4 is 5.32 Å². The maximum atomic E-state index is 4.57. The Balaban J connectivity index is 1.86. The van der Waals surface area contributed by atoms with E-state index in [9.17, 15) is 0 Å². The topological polar surface area (TPSA) is 24.4 Å². The summed E-state index contributed by atoms with van der Waals surface area (Å²) in [5.74, 6) is 1.97. The van der Waals surface area contributed by atoms with Gasteiger partial charge in [-0.05, 0) is 24.2 Å². The fourth-order valence-corrected chi connectivity index (χ4v) is 2.87. The quantitative estimate of drug-likeness (QED) is 0.722. The van der Waals surface area contributed by atoms with Gasteiger partial charge in [0.25, 0.3) is 0 Å². The lowest BCUT2D eigenvalue weighted by molar-refractivity contribution is 0.127. The Morgan fingerprint density at radius 1 is 1.50 bits per heavy atom. The summed E-state index contributed by atoms with van der Waals surface area (Å²) in [6.07, 6.45) is 2.65. The molecular weight excluding hydrogens is 192 g/mol. The molecule has 0 aromatic carbocycles. The summed E-state index contributed by atoms with van der Waals surface area (Å²) in [5.41, 5.74) is 0.478. The molecule has 2 rings (SSSR count). The van der Waals surface area contributed by atoms with Crippen LogP contribution in [0.15, 0.2) is 4.99 Å². The molecule has 0 aromatic rings. The second-order valence-corrected chi connectivity index (χ2v) is 6.29. The number of nitrogens with one attached hydrogen (secondary N) is 1. The van der Waals surface area contributed by atoms with Crippen LogP contribution in [0.5, 0.6) is 0 Å². The molecule has 1 fully saturated rings. The molecule has 3 heteroatoms. The van der Waals surface area contributed by atoms with Crippen LogP contribution in [0.4, 0.5) is 0 Å². The van der Waals surface area contributed by atoms with Gasteiger partial charge in [-0.3, -0.25) is 4.99 Å². The summed E-state index contributed by atoms with van der Waals surface area (Å²) < 4.78 is 0. The second kappa shape index (κ2) is 3.76. The average Bonchev–Trinajstić information content (AvgIpc) is 2.15. The number of aliphatic imine (C=N–C) groups is 1. The van der Waals surface area contributed by atoms with Gasteiger partial charge in [0.2, 0.25) is 0 Å². The Morgan fingerprint density at radius 2 is 2.29 bits per heavy atom. The van der Waals surface area contributed by atoms with Crippen molar-refractivity contribution in [3.63, 3.8) is 0 Å². The van der Waals surface area contributed by atoms with Crippen LogP contribution in [0.25, 0.3) is 0 Å². The van der Waals surface area contributed by atoms with E-state index in [0.717, 1.165) is 12.5 Å². The van der Waals surface area contributed by atoms with Gasteiger partial charge < -0.3 is 5.32 Å². The van der Waals surface area contributed by atoms with E-state index in [1.807, 2.05) is 11.8 Å². The Morgan fingerprint density at radius 3 is 2.71 bits per heavy atom. The van der Waals surface area contributed by atoms with Crippen LogP contribution in [-0.4, -0.2) is 23.5 Å². The highest BCUT2D eigenvalue weighted by Gasteiger charge is 2.39. The summed E-state index contributed by atoms with van der Waals surface area (Å²) in [4.78, 5) is 4.57. The fourth-order valence-electron chi connectivity index (χ4n) is 1.93. The molecule has 1 aliphatic carbocycles. The number of nitrogens with zero attached hydrogens (tertiary/aromatic N) is 1. The molecule has 0 aromatic heterocycles. The number of hydrogen-bond donors (Lipinski definition) is 1. The van der Waals surface area contributed by atoms with Crippen LogP contribution in [0, 0.1) is 11.3 Å². The smallest absolute Gasteiger partial charge is 0.156 e. The van der Waals surface area contributed by atoms with Crippen molar-refractivity contribution in [3.8, 4) is 0 Å². The zero-order valence-corrected chi connectivity index (χ0v) is 10.2. The normalized spacial score (nSPS) is 35.8. The number of rotatable bonds is 1. The van der Waals surface area contributed by atoms with Gasteiger partial charge in [-0.1, -0.05) is 32.5 Å². The summed E-state index contributed by atoms with van der Waals surface area (Å²) >= 11 is 1.89. The van der Waals surface area contributed by atoms with Crippen LogP contribution in [0.1, 0.15) is 33.6 Å². The van der Waals surface area contributed by atoms with Crippen molar-refractivity contribution in [3.05, 3.63) is 0 Å². The SMILES string of the molecule is CC1CN=C(NC2CCC2(C)C)SC1. The minimum absolute atomic E-state index is 0.478. The van der Waals surface area contributed by atoms with Gasteiger partial charge in [0, 0.05) is 18.3 Å². The third-order valence-corrected chi connectivity index (χ3v) is 4.63. The van der Waals surface area contributed by atoms with Gasteiger partial charge in [-0.2, -0.15) is 0 Å². The van der Waals surface area contributed by atoms with Crippen molar-refractivity contribution in [1.29, 1.82) is 0 Å². The van der Waals surface area contributed by atoms with Crippen LogP contribution in [-0.2, 0) is 0 Å². The third-order valence-electron chi connectivity index (χ3n) is 3.37. The molecule has 1 heterocycles. The molecule has 2 atom stereocenters. The van der Waals surface area contributed by atoms with Crippen LogP contribution in [0.3, 0.4) is 0 Å². The lowest BCUT2D eigenvalue weighted by Crippen LogP contribution is -2.52. The van der Waals surface area contributed by atoms with E-state index in [0.29, 0.717) is 11.5 Å². The van der Waals surface area contributed by atoms with E-state index in [2.05, 4.69) is 31.1 Å². The maximum Gasteiger partial charge on any atom is 0.156 e. The van der Waals surface area contributed by atoms with Gasteiger partial charge in [0.1, 0.15) is 0 Å². The van der Waals surface area contributed by atoms with Crippen molar-refractivity contribution >= 4 is 16.9 Å². The van der Waals surface area contributed by atoms with Gasteiger partial charge in [0.15, 0.2) is 5.17 Å². The molecule has 0 bridgehead atoms. The predicted octanol–water partition coefficient (Wildman–Crippen LogP) is 2.50. The van der Waals surface area contributed by atoms with Crippen molar-refractivity contribution in [2.45, 2.75) is 39.7 Å². The van der Waals surface area contributed by atoms with E-state index in [-0.39, 0.29) is 0 Å². The van der Waals surface area contributed by atoms with Gasteiger partial charge >= 0.3 is 0 Å². The molecule has 0 spiro atoms. The monoisotopic (exact) mass is 212 g/mol. The van der Waals surface area contributed by atoms with E-state index in [1.165, 1.54) is 23.8 Å². The number of amidine groups is 1. The summed E-state index contributed by atoms with van der Waals surface area (Å²) in [7, 11) is 0. The Bertz CT molecular complexity index is 248. The largest absolute Gasteiger partial charge is 0.362 e. The van der Waals surface area contributed by atoms with Gasteiger partial charge in [-0.15, -0.1) is 0 Å². The lowest BCUT2D eigenvalue weighted by atomic mass is 9.67. The first kappa shape index (κ1) is 10.3. The zero-order chi connectivity index (χ0) is 10.2. The highest BCUT2D eigenvalue weighted by molar-refractivity contribution is 8.13. The summed E-state index contributed by atoms with van der Waals surface area (Å²) in [6.45, 7) is 7.94. The Labute approximate surface area is 90.9 Å². The molecule has 1 aliphatic heterocycles. The second-order valence-electron chi connectivity index (χ2n) is 5.29. The molecule has 14 heavy (non-hydrogen) atoms.